The summed E-state index contributed by atoms with van der Waals surface area (Å²) in [5.41, 5.74) is 0.990. The first kappa shape index (κ1) is 23.9. The number of hydrogen-bond donors (Lipinski definition) is 0. The summed E-state index contributed by atoms with van der Waals surface area (Å²) < 4.78 is 20.9. The molecule has 30 heavy (non-hydrogen) atoms. The van der Waals surface area contributed by atoms with Crippen molar-refractivity contribution in [1.29, 1.82) is 0 Å². The molecule has 0 atom stereocenters. The molecule has 0 aromatic heterocycles. The summed E-state index contributed by atoms with van der Waals surface area (Å²) in [5, 5.41) is 0.297. The molecule has 3 rings (SSSR count). The first-order valence-corrected chi connectivity index (χ1v) is 13.1. The lowest BCUT2D eigenvalue weighted by Gasteiger charge is -2.30. The third-order valence-corrected chi connectivity index (χ3v) is 8.10. The van der Waals surface area contributed by atoms with Crippen molar-refractivity contribution in [3.63, 3.8) is 0 Å². The summed E-state index contributed by atoms with van der Waals surface area (Å²) in [4.78, 5) is 0. The Morgan fingerprint density at radius 2 is 1.47 bits per heavy atom. The SMILES string of the molecule is CCCCCC1CCC(COc2ccc(C3CCC(CCC)CC3)c(Cl)c2F)CC1. The number of halogens is 2. The van der Waals surface area contributed by atoms with Gasteiger partial charge in [0.1, 0.15) is 0 Å². The molecule has 0 spiro atoms. The molecule has 0 unspecified atom stereocenters. The Hall–Kier alpha value is -0.760. The van der Waals surface area contributed by atoms with Gasteiger partial charge in [-0.25, -0.2) is 4.39 Å². The molecule has 1 aromatic carbocycles. The van der Waals surface area contributed by atoms with E-state index >= 15 is 0 Å². The lowest BCUT2D eigenvalue weighted by atomic mass is 9.77. The smallest absolute Gasteiger partial charge is 0.183 e. The van der Waals surface area contributed by atoms with Gasteiger partial charge < -0.3 is 4.74 Å². The lowest BCUT2D eigenvalue weighted by Crippen LogP contribution is -2.20. The molecule has 2 saturated carbocycles. The van der Waals surface area contributed by atoms with Crippen molar-refractivity contribution in [1.82, 2.24) is 0 Å². The molecule has 0 N–H and O–H groups in total. The number of unbranched alkanes of at least 4 members (excludes halogenated alkanes) is 2. The fraction of sp³-hybridized carbons (Fsp3) is 0.778. The van der Waals surface area contributed by atoms with E-state index in [1.54, 1.807) is 0 Å². The summed E-state index contributed by atoms with van der Waals surface area (Å²) in [6.45, 7) is 5.15. The fourth-order valence-corrected chi connectivity index (χ4v) is 6.03. The Bertz CT molecular complexity index is 630. The summed E-state index contributed by atoms with van der Waals surface area (Å²) in [6, 6.07) is 3.85. The third-order valence-electron chi connectivity index (χ3n) is 7.72. The van der Waals surface area contributed by atoms with Gasteiger partial charge in [0.05, 0.1) is 11.6 Å². The van der Waals surface area contributed by atoms with Crippen molar-refractivity contribution < 1.29 is 9.13 Å². The Labute approximate surface area is 189 Å². The van der Waals surface area contributed by atoms with Crippen LogP contribution in [0, 0.1) is 23.6 Å². The van der Waals surface area contributed by atoms with Crippen LogP contribution in [0.4, 0.5) is 4.39 Å². The van der Waals surface area contributed by atoms with Crippen LogP contribution in [0.1, 0.15) is 115 Å². The molecule has 1 aromatic rings. The molecule has 0 heterocycles. The molecule has 0 amide bonds. The van der Waals surface area contributed by atoms with E-state index in [0.717, 1.165) is 30.2 Å². The Balaban J connectivity index is 1.47. The van der Waals surface area contributed by atoms with Crippen molar-refractivity contribution in [2.24, 2.45) is 17.8 Å². The predicted octanol–water partition coefficient (Wildman–Crippen LogP) is 9.32. The summed E-state index contributed by atoms with van der Waals surface area (Å²) in [6.07, 6.45) is 17.8. The normalized spacial score (nSPS) is 27.2. The van der Waals surface area contributed by atoms with Crippen LogP contribution in [0.2, 0.25) is 5.02 Å². The van der Waals surface area contributed by atoms with E-state index in [2.05, 4.69) is 13.8 Å². The molecule has 0 radical (unpaired) electrons. The van der Waals surface area contributed by atoms with E-state index in [9.17, 15) is 4.39 Å². The van der Waals surface area contributed by atoms with Gasteiger partial charge in [0.15, 0.2) is 11.6 Å². The highest BCUT2D eigenvalue weighted by molar-refractivity contribution is 6.31. The number of benzene rings is 1. The van der Waals surface area contributed by atoms with Gasteiger partial charge in [-0.2, -0.15) is 0 Å². The Morgan fingerprint density at radius 1 is 0.833 bits per heavy atom. The van der Waals surface area contributed by atoms with Crippen LogP contribution in [0.5, 0.6) is 5.75 Å². The summed E-state index contributed by atoms with van der Waals surface area (Å²) in [7, 11) is 0. The van der Waals surface area contributed by atoms with E-state index in [0.29, 0.717) is 29.2 Å². The maximum absolute atomic E-state index is 14.9. The highest BCUT2D eigenvalue weighted by Gasteiger charge is 2.26. The van der Waals surface area contributed by atoms with Crippen LogP contribution >= 0.6 is 11.6 Å². The van der Waals surface area contributed by atoms with Crippen molar-refractivity contribution >= 4 is 11.6 Å². The van der Waals surface area contributed by atoms with Gasteiger partial charge in [-0.15, -0.1) is 0 Å². The molecule has 2 fully saturated rings. The second-order valence-electron chi connectivity index (χ2n) is 9.98. The Morgan fingerprint density at radius 3 is 2.13 bits per heavy atom. The van der Waals surface area contributed by atoms with Crippen LogP contribution in [0.25, 0.3) is 0 Å². The maximum Gasteiger partial charge on any atom is 0.183 e. The number of hydrogen-bond acceptors (Lipinski definition) is 1. The third kappa shape index (κ3) is 6.62. The molecule has 1 nitrogen and oxygen atoms in total. The van der Waals surface area contributed by atoms with Gasteiger partial charge in [0, 0.05) is 0 Å². The first-order chi connectivity index (χ1) is 14.6. The highest BCUT2D eigenvalue weighted by atomic mass is 35.5. The maximum atomic E-state index is 14.9. The van der Waals surface area contributed by atoms with Crippen molar-refractivity contribution in [3.05, 3.63) is 28.5 Å². The van der Waals surface area contributed by atoms with Crippen molar-refractivity contribution in [2.45, 2.75) is 110 Å². The zero-order chi connectivity index (χ0) is 21.3. The topological polar surface area (TPSA) is 9.23 Å². The van der Waals surface area contributed by atoms with Gasteiger partial charge >= 0.3 is 0 Å². The molecule has 0 saturated heterocycles. The minimum absolute atomic E-state index is 0.297. The molecule has 0 bridgehead atoms. The minimum Gasteiger partial charge on any atom is -0.490 e. The fourth-order valence-electron chi connectivity index (χ4n) is 5.72. The van der Waals surface area contributed by atoms with Crippen LogP contribution in [-0.4, -0.2) is 6.61 Å². The molecular formula is C27H42ClFO. The molecule has 2 aliphatic rings. The molecule has 0 aliphatic heterocycles. The van der Waals surface area contributed by atoms with Crippen molar-refractivity contribution in [2.75, 3.05) is 6.61 Å². The van der Waals surface area contributed by atoms with Crippen LogP contribution < -0.4 is 4.74 Å². The molecule has 170 valence electrons. The monoisotopic (exact) mass is 436 g/mol. The molecule has 3 heteroatoms. The standard InChI is InChI=1S/C27H42ClFO/c1-3-5-6-8-21-9-11-22(12-10-21)19-30-25-18-17-24(26(28)27(25)29)23-15-13-20(7-4-2)14-16-23/h17-18,20-23H,3-16,19H2,1-2H3. The predicted molar refractivity (Wildman–Crippen MR) is 126 cm³/mol. The molecular weight excluding hydrogens is 395 g/mol. The highest BCUT2D eigenvalue weighted by Crippen LogP contribution is 2.42. The number of rotatable bonds is 10. The first-order valence-electron chi connectivity index (χ1n) is 12.7. The summed E-state index contributed by atoms with van der Waals surface area (Å²) >= 11 is 6.48. The average molecular weight is 437 g/mol. The van der Waals surface area contributed by atoms with Gasteiger partial charge in [-0.05, 0) is 73.8 Å². The van der Waals surface area contributed by atoms with Crippen molar-refractivity contribution in [3.8, 4) is 5.75 Å². The average Bonchev–Trinajstić information content (AvgIpc) is 2.77. The zero-order valence-electron chi connectivity index (χ0n) is 19.2. The quantitative estimate of drug-likeness (QED) is 0.332. The van der Waals surface area contributed by atoms with Gasteiger partial charge in [-0.1, -0.05) is 82.9 Å². The second-order valence-corrected chi connectivity index (χ2v) is 10.4. The van der Waals surface area contributed by atoms with Crippen LogP contribution in [0.15, 0.2) is 12.1 Å². The number of ether oxygens (including phenoxy) is 1. The van der Waals surface area contributed by atoms with Crippen LogP contribution in [-0.2, 0) is 0 Å². The van der Waals surface area contributed by atoms with E-state index in [1.165, 1.54) is 77.0 Å². The van der Waals surface area contributed by atoms with E-state index in [-0.39, 0.29) is 5.82 Å². The summed E-state index contributed by atoms with van der Waals surface area (Å²) in [5.74, 6) is 2.69. The zero-order valence-corrected chi connectivity index (χ0v) is 20.0. The molecule has 2 aliphatic carbocycles. The van der Waals surface area contributed by atoms with E-state index in [4.69, 9.17) is 16.3 Å². The van der Waals surface area contributed by atoms with E-state index < -0.39 is 0 Å². The minimum atomic E-state index is -0.349. The lowest BCUT2D eigenvalue weighted by molar-refractivity contribution is 0.173. The largest absolute Gasteiger partial charge is 0.490 e. The van der Waals surface area contributed by atoms with Gasteiger partial charge in [0.2, 0.25) is 0 Å². The van der Waals surface area contributed by atoms with E-state index in [1.807, 2.05) is 12.1 Å². The Kier molecular flexibility index (Phi) is 9.81. The second kappa shape index (κ2) is 12.3. The van der Waals surface area contributed by atoms with Crippen LogP contribution in [0.3, 0.4) is 0 Å². The van der Waals surface area contributed by atoms with Gasteiger partial charge in [0.25, 0.3) is 0 Å². The van der Waals surface area contributed by atoms with Gasteiger partial charge in [-0.3, -0.25) is 0 Å².